The summed E-state index contributed by atoms with van der Waals surface area (Å²) in [5, 5.41) is 10.2. The van der Waals surface area contributed by atoms with Crippen LogP contribution >= 0.6 is 0 Å². The van der Waals surface area contributed by atoms with E-state index in [1.54, 1.807) is 24.1 Å². The Balaban J connectivity index is 1.37. The van der Waals surface area contributed by atoms with E-state index in [0.29, 0.717) is 26.1 Å². The van der Waals surface area contributed by atoms with Gasteiger partial charge in [-0.2, -0.15) is 0 Å². The summed E-state index contributed by atoms with van der Waals surface area (Å²) >= 11 is 0. The molecule has 2 fully saturated rings. The number of carboxylic acids is 1. The van der Waals surface area contributed by atoms with Gasteiger partial charge >= 0.3 is 5.97 Å². The van der Waals surface area contributed by atoms with Gasteiger partial charge in [0.15, 0.2) is 0 Å². The number of nitrogens with zero attached hydrogens (tertiary/aromatic N) is 4. The van der Waals surface area contributed by atoms with Crippen LogP contribution in [0.5, 0.6) is 5.75 Å². The molecule has 10 heteroatoms. The second kappa shape index (κ2) is 10.3. The van der Waals surface area contributed by atoms with E-state index < -0.39 is 12.0 Å². The quantitative estimate of drug-likeness (QED) is 0.496. The van der Waals surface area contributed by atoms with Crippen LogP contribution in [0.1, 0.15) is 33.2 Å². The maximum atomic E-state index is 13.4. The summed E-state index contributed by atoms with van der Waals surface area (Å²) in [6.07, 6.45) is 0.629. The van der Waals surface area contributed by atoms with E-state index in [1.165, 1.54) is 4.90 Å². The standard InChI is InChI=1S/C29H32N4O6/c1-30-18-25(34)32-9-8-24-26(27(32)28(30)35)22-16-21(39-15-12-31-10-13-38-14-11-31)6-7-23(22)33(24)17-19-2-4-20(5-3-19)29(36)37/h2-7,16,27H,8-15,17-18H2,1H3,(H,36,37). The Morgan fingerprint density at radius 3 is 2.59 bits per heavy atom. The topological polar surface area (TPSA) is 105 Å². The Morgan fingerprint density at radius 2 is 1.85 bits per heavy atom. The molecule has 3 aromatic rings. The Labute approximate surface area is 226 Å². The lowest BCUT2D eigenvalue weighted by atomic mass is 9.92. The van der Waals surface area contributed by atoms with Crippen LogP contribution in [0.3, 0.4) is 0 Å². The molecule has 3 aliphatic heterocycles. The van der Waals surface area contributed by atoms with E-state index >= 15 is 0 Å². The molecule has 2 amide bonds. The minimum atomic E-state index is -0.962. The highest BCUT2D eigenvalue weighted by atomic mass is 16.5. The molecular formula is C29H32N4O6. The van der Waals surface area contributed by atoms with Crippen molar-refractivity contribution in [3.8, 4) is 5.75 Å². The van der Waals surface area contributed by atoms with Gasteiger partial charge in [0.2, 0.25) is 11.8 Å². The molecule has 0 spiro atoms. The van der Waals surface area contributed by atoms with Crippen LogP contribution in [0.15, 0.2) is 42.5 Å². The molecule has 10 nitrogen and oxygen atoms in total. The van der Waals surface area contributed by atoms with Gasteiger partial charge in [0.05, 0.1) is 25.3 Å². The highest BCUT2D eigenvalue weighted by Gasteiger charge is 2.44. The number of hydrogen-bond donors (Lipinski definition) is 1. The van der Waals surface area contributed by atoms with E-state index in [9.17, 15) is 19.5 Å². The van der Waals surface area contributed by atoms with E-state index in [-0.39, 0.29) is 23.9 Å². The maximum absolute atomic E-state index is 13.4. The largest absolute Gasteiger partial charge is 0.492 e. The first-order valence-electron chi connectivity index (χ1n) is 13.4. The number of aromatic carboxylic acids is 1. The molecule has 39 heavy (non-hydrogen) atoms. The van der Waals surface area contributed by atoms with Gasteiger partial charge in [-0.3, -0.25) is 14.5 Å². The lowest BCUT2D eigenvalue weighted by molar-refractivity contribution is -0.155. The number of aromatic nitrogens is 1. The minimum absolute atomic E-state index is 0.0455. The van der Waals surface area contributed by atoms with Gasteiger partial charge in [0.25, 0.3) is 0 Å². The van der Waals surface area contributed by atoms with E-state index in [1.807, 2.05) is 30.3 Å². The zero-order valence-electron chi connectivity index (χ0n) is 22.0. The molecule has 0 aliphatic carbocycles. The molecule has 0 bridgehead atoms. The van der Waals surface area contributed by atoms with Crippen LogP contribution in [-0.4, -0.2) is 102 Å². The number of rotatable bonds is 7. The molecule has 1 atom stereocenters. The number of carboxylic acid groups (broad SMARTS) is 1. The number of piperazine rings is 1. The van der Waals surface area contributed by atoms with Crippen molar-refractivity contribution in [1.82, 2.24) is 19.3 Å². The number of carbonyl (C=O) groups excluding carboxylic acids is 2. The molecule has 0 radical (unpaired) electrons. The molecule has 1 unspecified atom stereocenters. The number of fused-ring (bicyclic) bond motifs is 5. The van der Waals surface area contributed by atoms with Crippen LogP contribution < -0.4 is 4.74 Å². The summed E-state index contributed by atoms with van der Waals surface area (Å²) in [5.74, 6) is -0.368. The molecule has 1 aromatic heterocycles. The third kappa shape index (κ3) is 4.74. The fraction of sp³-hybridized carbons (Fsp3) is 0.414. The number of morpholine rings is 1. The Kier molecular flexibility index (Phi) is 6.74. The molecule has 0 saturated carbocycles. The van der Waals surface area contributed by atoms with E-state index in [4.69, 9.17) is 9.47 Å². The summed E-state index contributed by atoms with van der Waals surface area (Å²) in [5.41, 5.74) is 4.04. The van der Waals surface area contributed by atoms with Crippen molar-refractivity contribution < 1.29 is 29.0 Å². The third-order valence-electron chi connectivity index (χ3n) is 7.98. The van der Waals surface area contributed by atoms with Crippen molar-refractivity contribution in [2.75, 3.05) is 59.6 Å². The average Bonchev–Trinajstić information content (AvgIpc) is 3.25. The van der Waals surface area contributed by atoms with Gasteiger partial charge in [0, 0.05) is 68.4 Å². The second-order valence-electron chi connectivity index (χ2n) is 10.4. The first kappa shape index (κ1) is 25.4. The van der Waals surface area contributed by atoms with Crippen molar-refractivity contribution in [2.45, 2.75) is 19.0 Å². The third-order valence-corrected chi connectivity index (χ3v) is 7.98. The number of carbonyl (C=O) groups is 3. The summed E-state index contributed by atoms with van der Waals surface area (Å²) in [6.45, 7) is 5.71. The van der Waals surface area contributed by atoms with Crippen LogP contribution in [0.25, 0.3) is 10.9 Å². The molecule has 1 N–H and O–H groups in total. The average molecular weight is 533 g/mol. The van der Waals surface area contributed by atoms with E-state index in [2.05, 4.69) is 9.47 Å². The van der Waals surface area contributed by atoms with Crippen LogP contribution in [0.2, 0.25) is 0 Å². The number of ether oxygens (including phenoxy) is 2. The van der Waals surface area contributed by atoms with E-state index in [0.717, 1.165) is 66.3 Å². The van der Waals surface area contributed by atoms with Crippen LogP contribution in [0.4, 0.5) is 0 Å². The molecular weight excluding hydrogens is 500 g/mol. The summed E-state index contributed by atoms with van der Waals surface area (Å²) < 4.78 is 13.8. The smallest absolute Gasteiger partial charge is 0.335 e. The Bertz CT molecular complexity index is 1430. The van der Waals surface area contributed by atoms with Gasteiger partial charge < -0.3 is 28.9 Å². The monoisotopic (exact) mass is 532 g/mol. The van der Waals surface area contributed by atoms with Crippen molar-refractivity contribution in [1.29, 1.82) is 0 Å². The molecule has 204 valence electrons. The van der Waals surface area contributed by atoms with Crippen LogP contribution in [0, 0.1) is 0 Å². The zero-order chi connectivity index (χ0) is 27.1. The number of hydrogen-bond acceptors (Lipinski definition) is 6. The lowest BCUT2D eigenvalue weighted by Gasteiger charge is -2.42. The predicted molar refractivity (Wildman–Crippen MR) is 143 cm³/mol. The lowest BCUT2D eigenvalue weighted by Crippen LogP contribution is -2.56. The molecule has 4 heterocycles. The van der Waals surface area contributed by atoms with Gasteiger partial charge in [-0.1, -0.05) is 12.1 Å². The number of benzene rings is 2. The van der Waals surface area contributed by atoms with Crippen molar-refractivity contribution in [3.63, 3.8) is 0 Å². The summed E-state index contributed by atoms with van der Waals surface area (Å²) in [7, 11) is 1.68. The molecule has 2 aromatic carbocycles. The fourth-order valence-electron chi connectivity index (χ4n) is 5.93. The molecule has 2 saturated heterocycles. The maximum Gasteiger partial charge on any atom is 0.335 e. The Morgan fingerprint density at radius 1 is 1.08 bits per heavy atom. The molecule has 6 rings (SSSR count). The number of likely N-dealkylation sites (N-methyl/N-ethyl adjacent to an activating group) is 1. The highest BCUT2D eigenvalue weighted by molar-refractivity contribution is 6.00. The first-order chi connectivity index (χ1) is 18.9. The van der Waals surface area contributed by atoms with Gasteiger partial charge in [0.1, 0.15) is 18.4 Å². The van der Waals surface area contributed by atoms with Crippen molar-refractivity contribution >= 4 is 28.7 Å². The molecule has 3 aliphatic rings. The SMILES string of the molecule is CN1CC(=O)N2CCc3c(c4cc(OCCN5CCOCC5)ccc4n3Cc3ccc(C(=O)O)cc3)C2C1=O. The summed E-state index contributed by atoms with van der Waals surface area (Å²) in [4.78, 5) is 43.2. The minimum Gasteiger partial charge on any atom is -0.492 e. The second-order valence-corrected chi connectivity index (χ2v) is 10.4. The number of amides is 2. The highest BCUT2D eigenvalue weighted by Crippen LogP contribution is 2.41. The fourth-order valence-corrected chi connectivity index (χ4v) is 5.93. The normalized spacial score (nSPS) is 19.8. The van der Waals surface area contributed by atoms with Crippen molar-refractivity contribution in [3.05, 3.63) is 64.8 Å². The zero-order valence-corrected chi connectivity index (χ0v) is 22.0. The first-order valence-corrected chi connectivity index (χ1v) is 13.4. The van der Waals surface area contributed by atoms with Crippen molar-refractivity contribution in [2.24, 2.45) is 0 Å². The predicted octanol–water partition coefficient (Wildman–Crippen LogP) is 2.00. The Hall–Kier alpha value is -3.89. The van der Waals surface area contributed by atoms with Crippen LogP contribution in [-0.2, 0) is 27.3 Å². The summed E-state index contributed by atoms with van der Waals surface area (Å²) in [6, 6.07) is 12.2. The van der Waals surface area contributed by atoms with Gasteiger partial charge in [-0.05, 0) is 35.9 Å². The van der Waals surface area contributed by atoms with Gasteiger partial charge in [-0.25, -0.2) is 4.79 Å². The van der Waals surface area contributed by atoms with Gasteiger partial charge in [-0.15, -0.1) is 0 Å².